The number of rotatable bonds is 7. The van der Waals surface area contributed by atoms with Gasteiger partial charge in [-0.25, -0.2) is 4.79 Å². The number of carboxylic acids is 1. The number of urea groups is 1. The minimum atomic E-state index is -0.887. The molecule has 124 valence electrons. The van der Waals surface area contributed by atoms with Crippen LogP contribution in [0.2, 0.25) is 0 Å². The van der Waals surface area contributed by atoms with Gasteiger partial charge in [0.05, 0.1) is 0 Å². The maximum absolute atomic E-state index is 11.8. The zero-order valence-corrected chi connectivity index (χ0v) is 13.0. The highest BCUT2D eigenvalue weighted by Crippen LogP contribution is 2.30. The number of carbonyl (C=O) groups is 3. The predicted molar refractivity (Wildman–Crippen MR) is 86.4 cm³/mol. The van der Waals surface area contributed by atoms with E-state index in [2.05, 4.69) is 16.0 Å². The molecule has 3 amide bonds. The van der Waals surface area contributed by atoms with Crippen molar-refractivity contribution >= 4 is 29.3 Å². The van der Waals surface area contributed by atoms with Crippen molar-refractivity contribution in [2.24, 2.45) is 5.92 Å². The van der Waals surface area contributed by atoms with Crippen molar-refractivity contribution in [2.75, 3.05) is 17.2 Å². The standard InChI is InChI=1S/C16H21N3O4/c1-10-4-7-12(18-15(22)11-5-6-11)9-13(10)19-16(23)17-8-2-3-14(20)21/h4,7,9,11H,2-3,5-6,8H2,1H3,(H,18,22)(H,20,21)(H2,17,19,23). The third kappa shape index (κ3) is 5.61. The number of nitrogens with one attached hydrogen (secondary N) is 3. The van der Waals surface area contributed by atoms with E-state index >= 15 is 0 Å². The summed E-state index contributed by atoms with van der Waals surface area (Å²) in [5, 5.41) is 16.7. The second-order valence-electron chi connectivity index (χ2n) is 5.67. The normalized spacial score (nSPS) is 13.3. The van der Waals surface area contributed by atoms with Gasteiger partial charge in [-0.15, -0.1) is 0 Å². The van der Waals surface area contributed by atoms with Crippen molar-refractivity contribution in [1.29, 1.82) is 0 Å². The topological polar surface area (TPSA) is 108 Å². The summed E-state index contributed by atoms with van der Waals surface area (Å²) >= 11 is 0. The Balaban J connectivity index is 1.86. The van der Waals surface area contributed by atoms with Crippen molar-refractivity contribution in [3.63, 3.8) is 0 Å². The Kier molecular flexibility index (Phi) is 5.56. The Hall–Kier alpha value is -2.57. The Bertz CT molecular complexity index is 611. The first-order valence-electron chi connectivity index (χ1n) is 7.64. The van der Waals surface area contributed by atoms with E-state index < -0.39 is 12.0 Å². The molecule has 0 bridgehead atoms. The van der Waals surface area contributed by atoms with Gasteiger partial charge >= 0.3 is 12.0 Å². The molecule has 0 unspecified atom stereocenters. The Morgan fingerprint density at radius 1 is 1.22 bits per heavy atom. The van der Waals surface area contributed by atoms with Gasteiger partial charge in [0.15, 0.2) is 0 Å². The lowest BCUT2D eigenvalue weighted by Gasteiger charge is -2.12. The highest BCUT2D eigenvalue weighted by molar-refractivity contribution is 5.96. The summed E-state index contributed by atoms with van der Waals surface area (Å²) in [6.45, 7) is 2.14. The van der Waals surface area contributed by atoms with Crippen LogP contribution in [0.5, 0.6) is 0 Å². The molecule has 7 heteroatoms. The van der Waals surface area contributed by atoms with Crippen molar-refractivity contribution in [3.8, 4) is 0 Å². The van der Waals surface area contributed by atoms with E-state index in [1.807, 2.05) is 13.0 Å². The number of carbonyl (C=O) groups excluding carboxylic acids is 2. The van der Waals surface area contributed by atoms with Crippen LogP contribution in [-0.2, 0) is 9.59 Å². The van der Waals surface area contributed by atoms with E-state index in [1.54, 1.807) is 12.1 Å². The lowest BCUT2D eigenvalue weighted by Crippen LogP contribution is -2.30. The summed E-state index contributed by atoms with van der Waals surface area (Å²) in [7, 11) is 0. The molecule has 0 heterocycles. The average molecular weight is 319 g/mol. The largest absolute Gasteiger partial charge is 0.481 e. The molecule has 4 N–H and O–H groups in total. The second kappa shape index (κ2) is 7.62. The van der Waals surface area contributed by atoms with Gasteiger partial charge in [0.1, 0.15) is 0 Å². The molecule has 1 aliphatic carbocycles. The van der Waals surface area contributed by atoms with Gasteiger partial charge in [0, 0.05) is 30.3 Å². The van der Waals surface area contributed by atoms with Gasteiger partial charge in [-0.2, -0.15) is 0 Å². The number of benzene rings is 1. The highest BCUT2D eigenvalue weighted by Gasteiger charge is 2.29. The lowest BCUT2D eigenvalue weighted by molar-refractivity contribution is -0.137. The third-order valence-electron chi connectivity index (χ3n) is 3.55. The van der Waals surface area contributed by atoms with Crippen LogP contribution in [0.25, 0.3) is 0 Å². The highest BCUT2D eigenvalue weighted by atomic mass is 16.4. The zero-order valence-electron chi connectivity index (χ0n) is 13.0. The first-order valence-corrected chi connectivity index (χ1v) is 7.64. The second-order valence-corrected chi connectivity index (χ2v) is 5.67. The van der Waals surface area contributed by atoms with Gasteiger partial charge in [0.25, 0.3) is 0 Å². The molecule has 1 saturated carbocycles. The summed E-state index contributed by atoms with van der Waals surface area (Å²) < 4.78 is 0. The van der Waals surface area contributed by atoms with Gasteiger partial charge in [-0.1, -0.05) is 6.07 Å². The molecular formula is C16H21N3O4. The molecular weight excluding hydrogens is 298 g/mol. The first-order chi connectivity index (χ1) is 11.0. The molecule has 0 spiro atoms. The number of aliphatic carboxylic acids is 1. The van der Waals surface area contributed by atoms with Crippen LogP contribution < -0.4 is 16.0 Å². The maximum Gasteiger partial charge on any atom is 0.319 e. The Labute approximate surface area is 134 Å². The molecule has 1 aromatic rings. The van der Waals surface area contributed by atoms with Crippen molar-refractivity contribution < 1.29 is 19.5 Å². The van der Waals surface area contributed by atoms with Gasteiger partial charge in [-0.05, 0) is 43.9 Å². The van der Waals surface area contributed by atoms with E-state index in [4.69, 9.17) is 5.11 Å². The minimum absolute atomic E-state index is 0.0120. The van der Waals surface area contributed by atoms with E-state index in [1.165, 1.54) is 0 Å². The summed E-state index contributed by atoms with van der Waals surface area (Å²) in [5.41, 5.74) is 2.12. The molecule has 2 rings (SSSR count). The molecule has 1 aromatic carbocycles. The minimum Gasteiger partial charge on any atom is -0.481 e. The van der Waals surface area contributed by atoms with Crippen LogP contribution in [0.1, 0.15) is 31.2 Å². The number of anilines is 2. The van der Waals surface area contributed by atoms with Gasteiger partial charge in [-0.3, -0.25) is 9.59 Å². The fourth-order valence-electron chi connectivity index (χ4n) is 2.03. The SMILES string of the molecule is Cc1ccc(NC(=O)C2CC2)cc1NC(=O)NCCCC(=O)O. The quantitative estimate of drug-likeness (QED) is 0.578. The molecule has 23 heavy (non-hydrogen) atoms. The number of hydrogen-bond donors (Lipinski definition) is 4. The van der Waals surface area contributed by atoms with Crippen LogP contribution in [-0.4, -0.2) is 29.6 Å². The average Bonchev–Trinajstić information content (AvgIpc) is 3.31. The molecule has 0 radical (unpaired) electrons. The smallest absolute Gasteiger partial charge is 0.319 e. The lowest BCUT2D eigenvalue weighted by atomic mass is 10.1. The van der Waals surface area contributed by atoms with E-state index in [0.717, 1.165) is 18.4 Å². The van der Waals surface area contributed by atoms with E-state index in [0.29, 0.717) is 17.8 Å². The fourth-order valence-corrected chi connectivity index (χ4v) is 2.03. The molecule has 0 saturated heterocycles. The summed E-state index contributed by atoms with van der Waals surface area (Å²) in [5.74, 6) is -0.759. The van der Waals surface area contributed by atoms with Crippen LogP contribution in [0, 0.1) is 12.8 Å². The first kappa shape index (κ1) is 16.8. The molecule has 1 aliphatic rings. The molecule has 7 nitrogen and oxygen atoms in total. The predicted octanol–water partition coefficient (Wildman–Crippen LogP) is 2.33. The molecule has 0 aliphatic heterocycles. The van der Waals surface area contributed by atoms with Gasteiger partial charge in [0.2, 0.25) is 5.91 Å². The van der Waals surface area contributed by atoms with Crippen LogP contribution in [0.15, 0.2) is 18.2 Å². The van der Waals surface area contributed by atoms with Crippen molar-refractivity contribution in [3.05, 3.63) is 23.8 Å². The molecule has 0 aromatic heterocycles. The number of aryl methyl sites for hydroxylation is 1. The van der Waals surface area contributed by atoms with Crippen LogP contribution in [0.4, 0.5) is 16.2 Å². The number of amides is 3. The monoisotopic (exact) mass is 319 g/mol. The number of hydrogen-bond acceptors (Lipinski definition) is 3. The third-order valence-corrected chi connectivity index (χ3v) is 3.55. The molecule has 1 fully saturated rings. The fraction of sp³-hybridized carbons (Fsp3) is 0.438. The van der Waals surface area contributed by atoms with E-state index in [-0.39, 0.29) is 24.8 Å². The van der Waals surface area contributed by atoms with Gasteiger partial charge < -0.3 is 21.1 Å². The number of carboxylic acid groups (broad SMARTS) is 1. The van der Waals surface area contributed by atoms with Crippen LogP contribution in [0.3, 0.4) is 0 Å². The van der Waals surface area contributed by atoms with Crippen molar-refractivity contribution in [1.82, 2.24) is 5.32 Å². The van der Waals surface area contributed by atoms with Crippen LogP contribution >= 0.6 is 0 Å². The molecule has 0 atom stereocenters. The van der Waals surface area contributed by atoms with E-state index in [9.17, 15) is 14.4 Å². The zero-order chi connectivity index (χ0) is 16.8. The van der Waals surface area contributed by atoms with Crippen molar-refractivity contribution in [2.45, 2.75) is 32.6 Å². The summed E-state index contributed by atoms with van der Waals surface area (Å²) in [4.78, 5) is 34.0. The maximum atomic E-state index is 11.8. The summed E-state index contributed by atoms with van der Waals surface area (Å²) in [6.07, 6.45) is 2.25. The summed E-state index contributed by atoms with van der Waals surface area (Å²) in [6, 6.07) is 4.93. The Morgan fingerprint density at radius 2 is 1.96 bits per heavy atom. The Morgan fingerprint density at radius 3 is 2.61 bits per heavy atom.